The van der Waals surface area contributed by atoms with Gasteiger partial charge in [0, 0.05) is 25.7 Å². The Kier molecular flexibility index (Phi) is 29.8. The van der Waals surface area contributed by atoms with Crippen molar-refractivity contribution in [3.05, 3.63) is 0 Å². The van der Waals surface area contributed by atoms with Crippen molar-refractivity contribution in [2.75, 3.05) is 13.2 Å². The topological polar surface area (TPSA) is 202 Å². The van der Waals surface area contributed by atoms with E-state index in [0.717, 1.165) is 12.8 Å². The summed E-state index contributed by atoms with van der Waals surface area (Å²) in [6.45, 7) is 8.62. The average molecular weight is 579 g/mol. The number of rotatable bonds is 21. The summed E-state index contributed by atoms with van der Waals surface area (Å²) in [6, 6.07) is 0. The average Bonchev–Trinajstić information content (AvgIpc) is 2.89. The molecule has 12 heteroatoms. The zero-order valence-corrected chi connectivity index (χ0v) is 24.5. The molecule has 0 saturated heterocycles. The number of unbranched alkanes of at least 4 members (excludes halogenated alkanes) is 1. The number of carboxylic acids is 4. The van der Waals surface area contributed by atoms with Crippen molar-refractivity contribution in [3.63, 3.8) is 0 Å². The SMILES string of the molecule is CCCOC(=O)C(CC)CCCC(=O)O.CCCOC(=O)C(CC)CCCC(=O)O.O=C(O)CCCCC(=O)O. The van der Waals surface area contributed by atoms with E-state index in [2.05, 4.69) is 0 Å². The van der Waals surface area contributed by atoms with Gasteiger partial charge >= 0.3 is 35.8 Å². The minimum absolute atomic E-state index is 0.0628. The minimum atomic E-state index is -0.870. The van der Waals surface area contributed by atoms with Crippen LogP contribution < -0.4 is 0 Å². The number of carbonyl (C=O) groups is 6. The highest BCUT2D eigenvalue weighted by atomic mass is 16.5. The molecule has 0 spiro atoms. The van der Waals surface area contributed by atoms with Crippen LogP contribution in [0.1, 0.15) is 118 Å². The molecule has 0 rings (SSSR count). The van der Waals surface area contributed by atoms with Crippen molar-refractivity contribution < 1.29 is 58.7 Å². The molecule has 40 heavy (non-hydrogen) atoms. The van der Waals surface area contributed by atoms with Gasteiger partial charge in [-0.25, -0.2) is 0 Å². The molecule has 2 unspecified atom stereocenters. The summed E-state index contributed by atoms with van der Waals surface area (Å²) in [7, 11) is 0. The fourth-order valence-corrected chi connectivity index (χ4v) is 3.17. The first-order valence-electron chi connectivity index (χ1n) is 14.1. The lowest BCUT2D eigenvalue weighted by Crippen LogP contribution is -2.17. The first kappa shape index (κ1) is 41.3. The van der Waals surface area contributed by atoms with E-state index in [9.17, 15) is 28.8 Å². The van der Waals surface area contributed by atoms with Crippen molar-refractivity contribution >= 4 is 35.8 Å². The Morgan fingerprint density at radius 2 is 0.775 bits per heavy atom. The summed E-state index contributed by atoms with van der Waals surface area (Å²) < 4.78 is 10.0. The predicted octanol–water partition coefficient (Wildman–Crippen LogP) is 5.16. The van der Waals surface area contributed by atoms with Crippen LogP contribution >= 0.6 is 0 Å². The van der Waals surface area contributed by atoms with E-state index in [1.54, 1.807) is 0 Å². The quantitative estimate of drug-likeness (QED) is 0.103. The van der Waals surface area contributed by atoms with Gasteiger partial charge in [-0.3, -0.25) is 28.8 Å². The number of hydrogen-bond donors (Lipinski definition) is 4. The molecular weight excluding hydrogens is 528 g/mol. The highest BCUT2D eigenvalue weighted by Crippen LogP contribution is 2.15. The molecule has 2 atom stereocenters. The fraction of sp³-hybridized carbons (Fsp3) is 0.786. The molecule has 0 aromatic rings. The Bertz CT molecular complexity index is 660. The van der Waals surface area contributed by atoms with Crippen molar-refractivity contribution in [1.82, 2.24) is 0 Å². The van der Waals surface area contributed by atoms with Crippen molar-refractivity contribution in [2.45, 2.75) is 118 Å². The standard InChI is InChI=1S/2C11H20O4.C6H10O4/c2*1-3-8-15-11(14)9(4-2)6-5-7-10(12)13;7-5(8)3-1-2-4-6(9)10/h2*9H,3-8H2,1-2H3,(H,12,13);1-4H2,(H,7,8)(H,9,10). The highest BCUT2D eigenvalue weighted by Gasteiger charge is 2.18. The first-order chi connectivity index (χ1) is 18.9. The molecule has 0 aliphatic heterocycles. The third-order valence-electron chi connectivity index (χ3n) is 5.47. The van der Waals surface area contributed by atoms with E-state index in [4.69, 9.17) is 29.9 Å². The Hall–Kier alpha value is -3.18. The molecule has 0 fully saturated rings. The Morgan fingerprint density at radius 3 is 1.00 bits per heavy atom. The second-order valence-electron chi connectivity index (χ2n) is 9.11. The lowest BCUT2D eigenvalue weighted by atomic mass is 9.99. The van der Waals surface area contributed by atoms with E-state index in [-0.39, 0.29) is 49.5 Å². The van der Waals surface area contributed by atoms with Gasteiger partial charge in [-0.15, -0.1) is 0 Å². The van der Waals surface area contributed by atoms with Gasteiger partial charge in [-0.05, 0) is 64.2 Å². The molecule has 0 saturated carbocycles. The summed E-state index contributed by atoms with van der Waals surface area (Å²) in [6.07, 6.45) is 6.60. The summed E-state index contributed by atoms with van der Waals surface area (Å²) in [4.78, 5) is 63.3. The van der Waals surface area contributed by atoms with E-state index < -0.39 is 23.9 Å². The van der Waals surface area contributed by atoms with E-state index in [1.165, 1.54) is 0 Å². The van der Waals surface area contributed by atoms with Gasteiger partial charge in [0.15, 0.2) is 0 Å². The summed E-state index contributed by atoms with van der Waals surface area (Å²) in [5.74, 6) is -4.03. The van der Waals surface area contributed by atoms with Gasteiger partial charge < -0.3 is 29.9 Å². The molecule has 0 aromatic carbocycles. The van der Waals surface area contributed by atoms with Crippen LogP contribution in [0.25, 0.3) is 0 Å². The van der Waals surface area contributed by atoms with Gasteiger partial charge in [-0.1, -0.05) is 27.7 Å². The Morgan fingerprint density at radius 1 is 0.500 bits per heavy atom. The van der Waals surface area contributed by atoms with Gasteiger partial charge in [-0.2, -0.15) is 0 Å². The van der Waals surface area contributed by atoms with Crippen LogP contribution in [-0.2, 0) is 38.2 Å². The fourth-order valence-electron chi connectivity index (χ4n) is 3.17. The van der Waals surface area contributed by atoms with Crippen LogP contribution in [-0.4, -0.2) is 69.5 Å². The van der Waals surface area contributed by atoms with Crippen molar-refractivity contribution in [3.8, 4) is 0 Å². The van der Waals surface area contributed by atoms with Crippen LogP contribution in [0.5, 0.6) is 0 Å². The second-order valence-corrected chi connectivity index (χ2v) is 9.11. The highest BCUT2D eigenvalue weighted by molar-refractivity contribution is 5.73. The van der Waals surface area contributed by atoms with Gasteiger partial charge in [0.1, 0.15) is 0 Å². The number of aliphatic carboxylic acids is 4. The summed E-state index contributed by atoms with van der Waals surface area (Å²) in [5.41, 5.74) is 0. The zero-order valence-electron chi connectivity index (χ0n) is 24.5. The number of carbonyl (C=O) groups excluding carboxylic acids is 2. The summed E-state index contributed by atoms with van der Waals surface area (Å²) >= 11 is 0. The molecule has 0 bridgehead atoms. The summed E-state index contributed by atoms with van der Waals surface area (Å²) in [5, 5.41) is 33.2. The lowest BCUT2D eigenvalue weighted by Gasteiger charge is -2.12. The lowest BCUT2D eigenvalue weighted by molar-refractivity contribution is -0.150. The van der Waals surface area contributed by atoms with Crippen LogP contribution in [0.2, 0.25) is 0 Å². The molecule has 0 amide bonds. The third-order valence-corrected chi connectivity index (χ3v) is 5.47. The Labute approximate surface area is 237 Å². The monoisotopic (exact) mass is 578 g/mol. The molecule has 4 N–H and O–H groups in total. The van der Waals surface area contributed by atoms with Crippen LogP contribution in [0, 0.1) is 11.8 Å². The van der Waals surface area contributed by atoms with Gasteiger partial charge in [0.2, 0.25) is 0 Å². The number of esters is 2. The normalized spacial score (nSPS) is 11.4. The molecule has 0 aliphatic rings. The number of hydrogen-bond acceptors (Lipinski definition) is 8. The first-order valence-corrected chi connectivity index (χ1v) is 14.1. The van der Waals surface area contributed by atoms with Crippen LogP contribution in [0.15, 0.2) is 0 Å². The third kappa shape index (κ3) is 31.0. The second kappa shape index (κ2) is 28.8. The van der Waals surface area contributed by atoms with Crippen molar-refractivity contribution in [1.29, 1.82) is 0 Å². The Balaban J connectivity index is -0.000000525. The van der Waals surface area contributed by atoms with Crippen molar-refractivity contribution in [2.24, 2.45) is 11.8 Å². The maximum absolute atomic E-state index is 11.4. The van der Waals surface area contributed by atoms with Gasteiger partial charge in [0.05, 0.1) is 25.0 Å². The number of carboxylic acid groups (broad SMARTS) is 4. The molecular formula is C28H50O12. The largest absolute Gasteiger partial charge is 0.481 e. The maximum Gasteiger partial charge on any atom is 0.308 e. The van der Waals surface area contributed by atoms with Gasteiger partial charge in [0.25, 0.3) is 0 Å². The van der Waals surface area contributed by atoms with Crippen LogP contribution in [0.3, 0.4) is 0 Å². The van der Waals surface area contributed by atoms with E-state index >= 15 is 0 Å². The molecule has 12 nitrogen and oxygen atoms in total. The molecule has 234 valence electrons. The smallest absolute Gasteiger partial charge is 0.308 e. The van der Waals surface area contributed by atoms with E-state index in [0.29, 0.717) is 64.6 Å². The predicted molar refractivity (Wildman–Crippen MR) is 147 cm³/mol. The molecule has 0 heterocycles. The van der Waals surface area contributed by atoms with E-state index in [1.807, 2.05) is 27.7 Å². The molecule has 0 aromatic heterocycles. The minimum Gasteiger partial charge on any atom is -0.481 e. The zero-order chi connectivity index (χ0) is 31.3. The van der Waals surface area contributed by atoms with Crippen LogP contribution in [0.4, 0.5) is 0 Å². The molecule has 0 radical (unpaired) electrons. The number of ether oxygens (including phenoxy) is 2. The molecule has 0 aliphatic carbocycles. The maximum atomic E-state index is 11.4.